The zero-order valence-corrected chi connectivity index (χ0v) is 15.0. The highest BCUT2D eigenvalue weighted by Crippen LogP contribution is 2.15. The van der Waals surface area contributed by atoms with Gasteiger partial charge in [-0.05, 0) is 30.7 Å². The highest BCUT2D eigenvalue weighted by molar-refractivity contribution is 7.89. The lowest BCUT2D eigenvalue weighted by Gasteiger charge is -2.06. The summed E-state index contributed by atoms with van der Waals surface area (Å²) in [6.07, 6.45) is 12.3. The largest absolute Gasteiger partial charge is 0.290 e. The summed E-state index contributed by atoms with van der Waals surface area (Å²) in [5.41, 5.74) is 0. The van der Waals surface area contributed by atoms with Crippen LogP contribution in [0.5, 0.6) is 5.75 Å². The van der Waals surface area contributed by atoms with E-state index in [1.165, 1.54) is 75.6 Å². The van der Waals surface area contributed by atoms with Crippen molar-refractivity contribution >= 4 is 10.0 Å². The molecule has 0 heterocycles. The van der Waals surface area contributed by atoms with Crippen LogP contribution in [-0.4, -0.2) is 15.0 Å². The Hall–Kier alpha value is -1.07. The van der Waals surface area contributed by atoms with Gasteiger partial charge in [0.15, 0.2) is 5.75 Å². The van der Waals surface area contributed by atoms with Gasteiger partial charge in [0.25, 0.3) is 0 Å². The molecule has 1 N–H and O–H groups in total. The number of benzene rings is 1. The fraction of sp³-hybridized carbons (Fsp3) is 0.667. The summed E-state index contributed by atoms with van der Waals surface area (Å²) < 4.78 is 26.6. The molecule has 4 nitrogen and oxygen atoms in total. The zero-order chi connectivity index (χ0) is 17.0. The first kappa shape index (κ1) is 20.0. The van der Waals surface area contributed by atoms with Gasteiger partial charge in [-0.15, -0.1) is 0 Å². The molecule has 0 aliphatic rings. The van der Waals surface area contributed by atoms with Crippen LogP contribution in [0.2, 0.25) is 0 Å². The Bertz CT molecular complexity index is 512. The van der Waals surface area contributed by atoms with Crippen LogP contribution in [0.3, 0.4) is 0 Å². The van der Waals surface area contributed by atoms with Crippen LogP contribution in [0.1, 0.15) is 71.1 Å². The molecule has 0 amide bonds. The second-order valence-electron chi connectivity index (χ2n) is 6.05. The Morgan fingerprint density at radius 1 is 0.783 bits per heavy atom. The Kier molecular flexibility index (Phi) is 9.96. The Labute approximate surface area is 141 Å². The molecule has 0 atom stereocenters. The van der Waals surface area contributed by atoms with E-state index in [1.807, 2.05) is 0 Å². The molecule has 23 heavy (non-hydrogen) atoms. The van der Waals surface area contributed by atoms with Gasteiger partial charge in [0.2, 0.25) is 10.0 Å². The molecular formula is C18H30NO3S. The normalized spacial score (nSPS) is 11.7. The van der Waals surface area contributed by atoms with Crippen LogP contribution in [0.4, 0.5) is 0 Å². The van der Waals surface area contributed by atoms with E-state index in [4.69, 9.17) is 0 Å². The highest BCUT2D eigenvalue weighted by Gasteiger charge is 2.12. The Morgan fingerprint density at radius 3 is 1.78 bits per heavy atom. The summed E-state index contributed by atoms with van der Waals surface area (Å²) >= 11 is 0. The molecular weight excluding hydrogens is 310 g/mol. The molecule has 0 bridgehead atoms. The van der Waals surface area contributed by atoms with Crippen molar-refractivity contribution in [1.82, 2.24) is 4.72 Å². The van der Waals surface area contributed by atoms with Crippen LogP contribution in [0.25, 0.3) is 0 Å². The number of rotatable bonds is 13. The van der Waals surface area contributed by atoms with Crippen LogP contribution in [-0.2, 0) is 15.1 Å². The first-order chi connectivity index (χ1) is 11.1. The third-order valence-corrected chi connectivity index (χ3v) is 5.43. The molecule has 1 rings (SSSR count). The fourth-order valence-electron chi connectivity index (χ4n) is 2.52. The number of nitrogens with one attached hydrogen (secondary N) is 1. The maximum atomic E-state index is 12.0. The van der Waals surface area contributed by atoms with E-state index < -0.39 is 10.0 Å². The van der Waals surface area contributed by atoms with Gasteiger partial charge in [-0.1, -0.05) is 64.7 Å². The predicted molar refractivity (Wildman–Crippen MR) is 93.6 cm³/mol. The van der Waals surface area contributed by atoms with Gasteiger partial charge >= 0.3 is 0 Å². The van der Waals surface area contributed by atoms with Gasteiger partial charge in [-0.2, -0.15) is 0 Å². The van der Waals surface area contributed by atoms with E-state index in [-0.39, 0.29) is 10.6 Å². The lowest BCUT2D eigenvalue weighted by molar-refractivity contribution is 0.354. The SMILES string of the molecule is CCCCCCCCCCCCNS(=O)(=O)c1ccc([O])cc1. The highest BCUT2D eigenvalue weighted by atomic mass is 32.2. The van der Waals surface area contributed by atoms with E-state index in [1.54, 1.807) is 0 Å². The van der Waals surface area contributed by atoms with Crippen LogP contribution in [0, 0.1) is 0 Å². The monoisotopic (exact) mass is 340 g/mol. The number of hydrogen-bond acceptors (Lipinski definition) is 2. The third-order valence-electron chi connectivity index (χ3n) is 3.96. The van der Waals surface area contributed by atoms with E-state index >= 15 is 0 Å². The van der Waals surface area contributed by atoms with E-state index in [0.29, 0.717) is 6.54 Å². The van der Waals surface area contributed by atoms with Crippen molar-refractivity contribution in [3.05, 3.63) is 24.3 Å². The topological polar surface area (TPSA) is 66.1 Å². The van der Waals surface area contributed by atoms with Gasteiger partial charge < -0.3 is 0 Å². The molecule has 0 aromatic heterocycles. The molecule has 0 saturated heterocycles. The van der Waals surface area contributed by atoms with Crippen LogP contribution in [0.15, 0.2) is 29.2 Å². The van der Waals surface area contributed by atoms with E-state index in [2.05, 4.69) is 11.6 Å². The van der Waals surface area contributed by atoms with Crippen molar-refractivity contribution in [3.63, 3.8) is 0 Å². The van der Waals surface area contributed by atoms with E-state index in [0.717, 1.165) is 12.8 Å². The van der Waals surface area contributed by atoms with Crippen molar-refractivity contribution in [2.75, 3.05) is 6.54 Å². The van der Waals surface area contributed by atoms with Crippen molar-refractivity contribution in [2.24, 2.45) is 0 Å². The second kappa shape index (κ2) is 11.5. The quantitative estimate of drug-likeness (QED) is 0.512. The number of sulfonamides is 1. The summed E-state index contributed by atoms with van der Waals surface area (Å²) in [5, 5.41) is 11.0. The molecule has 5 heteroatoms. The molecule has 0 spiro atoms. The molecule has 1 aromatic carbocycles. The van der Waals surface area contributed by atoms with Gasteiger partial charge in [0.05, 0.1) is 4.90 Å². The summed E-state index contributed by atoms with van der Waals surface area (Å²) in [6.45, 7) is 2.69. The summed E-state index contributed by atoms with van der Waals surface area (Å²) in [5.74, 6) is -0.182. The van der Waals surface area contributed by atoms with Gasteiger partial charge in [0.1, 0.15) is 0 Å². The molecule has 131 valence electrons. The number of hydrogen-bond donors (Lipinski definition) is 1. The van der Waals surface area contributed by atoms with Gasteiger partial charge in [-0.3, -0.25) is 5.11 Å². The molecule has 0 aliphatic carbocycles. The second-order valence-corrected chi connectivity index (χ2v) is 7.82. The summed E-state index contributed by atoms with van der Waals surface area (Å²) in [6, 6.07) is 5.25. The third kappa shape index (κ3) is 8.96. The smallest absolute Gasteiger partial charge is 0.240 e. The summed E-state index contributed by atoms with van der Waals surface area (Å²) in [4.78, 5) is 0.157. The van der Waals surface area contributed by atoms with Crippen molar-refractivity contribution < 1.29 is 13.5 Å². The fourth-order valence-corrected chi connectivity index (χ4v) is 3.60. The van der Waals surface area contributed by atoms with Gasteiger partial charge in [0, 0.05) is 6.54 Å². The lowest BCUT2D eigenvalue weighted by Crippen LogP contribution is -2.24. The average molecular weight is 341 g/mol. The van der Waals surface area contributed by atoms with E-state index in [9.17, 15) is 13.5 Å². The Balaban J connectivity index is 2.05. The minimum Gasteiger partial charge on any atom is -0.290 e. The van der Waals surface area contributed by atoms with Crippen molar-refractivity contribution in [3.8, 4) is 5.75 Å². The summed E-state index contributed by atoms with van der Waals surface area (Å²) in [7, 11) is -3.48. The van der Waals surface area contributed by atoms with Crippen LogP contribution >= 0.6 is 0 Å². The first-order valence-electron chi connectivity index (χ1n) is 8.83. The minimum atomic E-state index is -3.48. The average Bonchev–Trinajstić information content (AvgIpc) is 2.53. The molecule has 0 saturated carbocycles. The molecule has 0 aliphatic heterocycles. The zero-order valence-electron chi connectivity index (χ0n) is 14.2. The van der Waals surface area contributed by atoms with Gasteiger partial charge in [-0.25, -0.2) is 13.1 Å². The van der Waals surface area contributed by atoms with Crippen molar-refractivity contribution in [2.45, 2.75) is 76.0 Å². The lowest BCUT2D eigenvalue weighted by atomic mass is 10.1. The first-order valence-corrected chi connectivity index (χ1v) is 10.3. The maximum Gasteiger partial charge on any atom is 0.240 e. The predicted octanol–water partition coefficient (Wildman–Crippen LogP) is 5.03. The number of unbranched alkanes of at least 4 members (excludes halogenated alkanes) is 9. The molecule has 0 fully saturated rings. The van der Waals surface area contributed by atoms with Crippen LogP contribution < -0.4 is 4.72 Å². The van der Waals surface area contributed by atoms with Crippen molar-refractivity contribution in [1.29, 1.82) is 0 Å². The molecule has 1 radical (unpaired) electrons. The molecule has 0 unspecified atom stereocenters. The molecule has 1 aromatic rings. The minimum absolute atomic E-state index is 0.157. The Morgan fingerprint density at radius 2 is 1.26 bits per heavy atom. The maximum absolute atomic E-state index is 12.0. The standard InChI is InChI=1S/C18H30NO3S/c1-2-3-4-5-6-7-8-9-10-11-16-19-23(21,22)18-14-12-17(20)13-15-18/h12-15,19H,2-11,16H2,1H3.